The number of benzene rings is 9. The maximum absolute atomic E-state index is 9.84. The first-order chi connectivity index (χ1) is 36.8. The highest BCUT2D eigenvalue weighted by atomic mass is 16.3. The minimum absolute atomic E-state index is 0.585. The summed E-state index contributed by atoms with van der Waals surface area (Å²) in [5, 5.41) is -5.67. The molecule has 0 saturated heterocycles. The summed E-state index contributed by atoms with van der Waals surface area (Å²) in [6.07, 6.45) is 0. The highest BCUT2D eigenvalue weighted by Crippen LogP contribution is 2.47. The van der Waals surface area contributed by atoms with Crippen molar-refractivity contribution in [2.45, 2.75) is 0 Å². The van der Waals surface area contributed by atoms with Gasteiger partial charge in [-0.25, -0.2) is 0 Å². The van der Waals surface area contributed by atoms with Gasteiger partial charge in [-0.05, 0) is 72.2 Å². The first-order valence-corrected chi connectivity index (χ1v) is 14.4. The van der Waals surface area contributed by atoms with E-state index in [0.717, 1.165) is 0 Å². The molecule has 10 aromatic rings. The van der Waals surface area contributed by atoms with Gasteiger partial charge in [0.25, 0.3) is 0 Å². The molecule has 0 fully saturated rings. The molecule has 0 amide bonds. The molecule has 1 aromatic heterocycles. The lowest BCUT2D eigenvalue weighted by Crippen LogP contribution is -1.91. The Bertz CT molecular complexity index is 4490. The van der Waals surface area contributed by atoms with E-state index in [1.54, 1.807) is 0 Å². The number of rotatable bonds is 4. The van der Waals surface area contributed by atoms with Gasteiger partial charge < -0.3 is 4.42 Å². The van der Waals surface area contributed by atoms with Gasteiger partial charge in [-0.3, -0.25) is 0 Å². The van der Waals surface area contributed by atoms with Crippen LogP contribution in [-0.4, -0.2) is 0 Å². The Morgan fingerprint density at radius 1 is 0.306 bits per heavy atom. The Hall–Kier alpha value is -6.44. The van der Waals surface area contributed by atoms with Gasteiger partial charge >= 0.3 is 0 Å². The van der Waals surface area contributed by atoms with Gasteiger partial charge in [-0.15, -0.1) is 0 Å². The highest BCUT2D eigenvalue weighted by Gasteiger charge is 2.21. The topological polar surface area (TPSA) is 13.1 Å². The van der Waals surface area contributed by atoms with Crippen LogP contribution in [0.25, 0.3) is 98.8 Å². The van der Waals surface area contributed by atoms with Crippen LogP contribution < -0.4 is 0 Å². The molecule has 1 heteroatoms. The van der Waals surface area contributed by atoms with Crippen LogP contribution in [0.5, 0.6) is 0 Å². The van der Waals surface area contributed by atoms with Crippen LogP contribution in [0.3, 0.4) is 0 Å². The first-order valence-electron chi connectivity index (χ1n) is 29.4. The van der Waals surface area contributed by atoms with Crippen LogP contribution in [0.1, 0.15) is 41.1 Å². The lowest BCUT2D eigenvalue weighted by Gasteiger charge is -2.18. The summed E-state index contributed by atoms with van der Waals surface area (Å²) in [6.45, 7) is 0. The molecule has 9 aromatic carbocycles. The van der Waals surface area contributed by atoms with E-state index in [1.807, 2.05) is 0 Å². The fraction of sp³-hybridized carbons (Fsp3) is 0. The minimum Gasteiger partial charge on any atom is -0.455 e. The lowest BCUT2D eigenvalue weighted by atomic mass is 9.85. The van der Waals surface area contributed by atoms with Crippen LogP contribution in [0.2, 0.25) is 0 Å². The lowest BCUT2D eigenvalue weighted by molar-refractivity contribution is 0.671. The first kappa shape index (κ1) is 11.1. The molecule has 10 rings (SSSR count). The molecule has 0 aliphatic rings. The third-order valence-electron chi connectivity index (χ3n) is 7.86. The van der Waals surface area contributed by atoms with Crippen LogP contribution in [-0.2, 0) is 0 Å². The van der Waals surface area contributed by atoms with Crippen molar-refractivity contribution in [1.29, 1.82) is 0 Å². The zero-order valence-corrected chi connectivity index (χ0v) is 24.4. The summed E-state index contributed by atoms with van der Waals surface area (Å²) in [4.78, 5) is 0. The molecule has 1 nitrogen and oxygen atoms in total. The van der Waals surface area contributed by atoms with E-state index in [-0.39, 0.29) is 0 Å². The van der Waals surface area contributed by atoms with Gasteiger partial charge in [-0.2, -0.15) is 0 Å². The van der Waals surface area contributed by atoms with Crippen molar-refractivity contribution in [3.63, 3.8) is 0 Å². The van der Waals surface area contributed by atoms with Crippen LogP contribution in [0, 0.1) is 0 Å². The van der Waals surface area contributed by atoms with Crippen molar-refractivity contribution in [3.05, 3.63) is 181 Å². The third-order valence-corrected chi connectivity index (χ3v) is 7.86. The molecule has 0 unspecified atom stereocenters. The van der Waals surface area contributed by atoms with Crippen molar-refractivity contribution in [3.8, 4) is 44.5 Å². The predicted octanol–water partition coefficient (Wildman–Crippen LogP) is 13.7. The summed E-state index contributed by atoms with van der Waals surface area (Å²) in [5.74, 6) is 0. The molecule has 0 saturated carbocycles. The second kappa shape index (κ2) is 11.1. The summed E-state index contributed by atoms with van der Waals surface area (Å²) in [6, 6.07) is -29.1. The Labute approximate surface area is 326 Å². The predicted molar refractivity (Wildman–Crippen MR) is 208 cm³/mol. The molecule has 0 N–H and O–H groups in total. The van der Waals surface area contributed by atoms with Crippen molar-refractivity contribution in [2.24, 2.45) is 0 Å². The molecular formula is C48H30O. The monoisotopic (exact) mass is 652 g/mol. The number of furan rings is 1. The van der Waals surface area contributed by atoms with Crippen LogP contribution in [0.15, 0.2) is 186 Å². The van der Waals surface area contributed by atoms with Gasteiger partial charge in [-0.1, -0.05) is 169 Å². The summed E-state index contributed by atoms with van der Waals surface area (Å²) in [7, 11) is 0. The molecule has 0 radical (unpaired) electrons. The second-order valence-corrected chi connectivity index (χ2v) is 10.5. The molecule has 0 aliphatic heterocycles. The Kier molecular flexibility index (Phi) is 2.50. The molecular weight excluding hydrogens is 593 g/mol. The SMILES string of the molecule is [2H]c1c([2H])c([2H])c(-c2c([2H])c([2H])c([2H])c3c2oc2c(-c4c5c([2H])c([2H])c([2H])c([2H])c5c(-c5c([2H])c([2H])c([2H])c(-c6c([2H])c([2H])c7c([2H])c([2H])c([2H])c([2H])c7c6[2H])c5[2H])c5c([2H])c([2H])c([2H])c([2H])c45)c([2H])c([2H])c([2H])c23)c([2H])c1[2H]. The molecule has 0 bridgehead atoms. The third kappa shape index (κ3) is 4.40. The fourth-order valence-electron chi connectivity index (χ4n) is 5.80. The highest BCUT2D eigenvalue weighted by molar-refractivity contribution is 6.24. The maximum Gasteiger partial charge on any atom is 0.143 e. The van der Waals surface area contributed by atoms with E-state index in [0.29, 0.717) is 0 Å². The number of hydrogen-bond acceptors (Lipinski definition) is 1. The Morgan fingerprint density at radius 2 is 0.796 bits per heavy atom. The minimum atomic E-state index is -1.11. The fourth-order valence-corrected chi connectivity index (χ4v) is 5.80. The normalized spacial score (nSPS) is 20.2. The summed E-state index contributed by atoms with van der Waals surface area (Å²) >= 11 is 0. The van der Waals surface area contributed by atoms with Gasteiger partial charge in [0.05, 0.1) is 41.1 Å². The van der Waals surface area contributed by atoms with Crippen molar-refractivity contribution < 1.29 is 45.5 Å². The van der Waals surface area contributed by atoms with Gasteiger partial charge in [0, 0.05) is 27.5 Å². The zero-order valence-electron chi connectivity index (χ0n) is 54.4. The molecule has 1 heterocycles. The van der Waals surface area contributed by atoms with Crippen LogP contribution in [0.4, 0.5) is 0 Å². The molecule has 49 heavy (non-hydrogen) atoms. The average Bonchev–Trinajstić information content (AvgIpc) is 4.07. The van der Waals surface area contributed by atoms with E-state index in [2.05, 4.69) is 0 Å². The Morgan fingerprint density at radius 3 is 1.51 bits per heavy atom. The Balaban J connectivity index is 1.50. The smallest absolute Gasteiger partial charge is 0.143 e. The largest absolute Gasteiger partial charge is 0.455 e. The van der Waals surface area contributed by atoms with Crippen molar-refractivity contribution in [2.75, 3.05) is 0 Å². The molecule has 0 atom stereocenters. The summed E-state index contributed by atoms with van der Waals surface area (Å²) < 4.78 is 276. The second-order valence-electron chi connectivity index (χ2n) is 10.5. The van der Waals surface area contributed by atoms with E-state index in [1.165, 1.54) is 0 Å². The van der Waals surface area contributed by atoms with E-state index < -0.39 is 280 Å². The quantitative estimate of drug-likeness (QED) is 0.172. The van der Waals surface area contributed by atoms with E-state index >= 15 is 0 Å². The molecule has 0 aliphatic carbocycles. The molecule has 0 spiro atoms. The summed E-state index contributed by atoms with van der Waals surface area (Å²) in [5.41, 5.74) is -7.94. The molecule has 228 valence electrons. The van der Waals surface area contributed by atoms with Gasteiger partial charge in [0.1, 0.15) is 11.2 Å². The number of hydrogen-bond donors (Lipinski definition) is 0. The van der Waals surface area contributed by atoms with Crippen molar-refractivity contribution in [1.82, 2.24) is 0 Å². The van der Waals surface area contributed by atoms with Crippen molar-refractivity contribution >= 4 is 54.3 Å². The van der Waals surface area contributed by atoms with Gasteiger partial charge in [0.2, 0.25) is 0 Å². The van der Waals surface area contributed by atoms with Crippen LogP contribution >= 0.6 is 0 Å². The van der Waals surface area contributed by atoms with E-state index in [4.69, 9.17) is 31.8 Å². The number of fused-ring (bicyclic) bond motifs is 6. The standard InChI is InChI=1S/C48H30O/c1-2-14-32(15-3-1)37-23-11-24-42-43-25-12-26-44(48(43)49-47(37)42)46-40-21-8-6-19-38(40)45(39-20-7-9-22-41(39)46)36-18-10-17-34(30-36)35-28-27-31-13-4-5-16-33(31)29-35/h1-30H/i1D,2D,3D,4D,5D,6D,7D,8D,9D,10D,11D,12D,13D,14D,15D,16D,17D,18D,19D,20D,21D,22D,23D,24D,25D,26D,27D,28D,29D,30D. The van der Waals surface area contributed by atoms with E-state index in [9.17, 15) is 13.7 Å². The zero-order chi connectivity index (χ0) is 58.4. The van der Waals surface area contributed by atoms with Gasteiger partial charge in [0.15, 0.2) is 0 Å². The maximum atomic E-state index is 9.84. The number of para-hydroxylation sites is 2. The average molecular weight is 653 g/mol.